The molecule has 28 heavy (non-hydrogen) atoms. The van der Waals surface area contributed by atoms with Crippen LogP contribution in [-0.4, -0.2) is 29.9 Å². The number of nitrogens with one attached hydrogen (secondary N) is 1. The van der Waals surface area contributed by atoms with Gasteiger partial charge in [-0.1, -0.05) is 12.1 Å². The van der Waals surface area contributed by atoms with Crippen LogP contribution in [0.2, 0.25) is 0 Å². The number of hydrogen-bond acceptors (Lipinski definition) is 4. The van der Waals surface area contributed by atoms with Crippen LogP contribution in [0.4, 0.5) is 15.8 Å². The van der Waals surface area contributed by atoms with E-state index in [9.17, 15) is 14.0 Å². The first-order valence-electron chi connectivity index (χ1n) is 9.36. The first-order valence-corrected chi connectivity index (χ1v) is 11.5. The molecule has 0 aliphatic carbocycles. The average Bonchev–Trinajstić information content (AvgIpc) is 3.14. The van der Waals surface area contributed by atoms with E-state index in [1.54, 1.807) is 12.1 Å². The van der Waals surface area contributed by atoms with Crippen molar-refractivity contribution >= 4 is 46.7 Å². The first-order chi connectivity index (χ1) is 13.6. The minimum atomic E-state index is -0.505. The maximum absolute atomic E-state index is 14.4. The summed E-state index contributed by atoms with van der Waals surface area (Å²) >= 11 is 3.88. The number of hydrogen-bond donors (Lipinski definition) is 1. The molecule has 0 unspecified atom stereocenters. The number of thioether (sulfide) groups is 2. The second kappa shape index (κ2) is 8.57. The lowest BCUT2D eigenvalue weighted by molar-refractivity contribution is -0.117. The third-order valence-corrected chi connectivity index (χ3v) is 7.86. The summed E-state index contributed by atoms with van der Waals surface area (Å²) in [5.41, 5.74) is 2.40. The van der Waals surface area contributed by atoms with Crippen molar-refractivity contribution in [3.63, 3.8) is 0 Å². The molecule has 2 aromatic rings. The van der Waals surface area contributed by atoms with Crippen molar-refractivity contribution in [2.24, 2.45) is 0 Å². The standard InChI is InChI=1S/C21H21FN2O2S2/c22-17-13-16(8-9-18(17)24-10-1-3-19(24)25)23-20(26)14-4-6-15(7-5-14)21-27-11-2-12-28-21/h4-9,13,21H,1-3,10-12H2,(H,23,26). The highest BCUT2D eigenvalue weighted by molar-refractivity contribution is 8.16. The second-order valence-electron chi connectivity index (χ2n) is 6.82. The van der Waals surface area contributed by atoms with Gasteiger partial charge in [0.2, 0.25) is 5.91 Å². The summed E-state index contributed by atoms with van der Waals surface area (Å²) in [5, 5.41) is 2.73. The van der Waals surface area contributed by atoms with Crippen LogP contribution in [0.25, 0.3) is 0 Å². The molecule has 0 atom stereocenters. The van der Waals surface area contributed by atoms with Gasteiger partial charge in [0.05, 0.1) is 10.3 Å². The van der Waals surface area contributed by atoms with Crippen molar-refractivity contribution in [1.29, 1.82) is 0 Å². The molecule has 146 valence electrons. The van der Waals surface area contributed by atoms with Gasteiger partial charge in [-0.15, -0.1) is 23.5 Å². The Morgan fingerprint density at radius 3 is 2.46 bits per heavy atom. The monoisotopic (exact) mass is 416 g/mol. The molecule has 2 aliphatic heterocycles. The summed E-state index contributed by atoms with van der Waals surface area (Å²) in [5.74, 6) is 1.49. The van der Waals surface area contributed by atoms with Crippen molar-refractivity contribution in [3.05, 3.63) is 59.4 Å². The van der Waals surface area contributed by atoms with Gasteiger partial charge in [0, 0.05) is 24.2 Å². The topological polar surface area (TPSA) is 49.4 Å². The van der Waals surface area contributed by atoms with E-state index in [1.807, 2.05) is 47.8 Å². The quantitative estimate of drug-likeness (QED) is 0.756. The lowest BCUT2D eigenvalue weighted by Crippen LogP contribution is -2.24. The lowest BCUT2D eigenvalue weighted by Gasteiger charge is -2.21. The third-order valence-electron chi connectivity index (χ3n) is 4.84. The summed E-state index contributed by atoms with van der Waals surface area (Å²) < 4.78 is 14.9. The van der Waals surface area contributed by atoms with E-state index in [0.717, 1.165) is 6.42 Å². The molecule has 2 heterocycles. The van der Waals surface area contributed by atoms with Gasteiger partial charge in [-0.05, 0) is 60.2 Å². The van der Waals surface area contributed by atoms with Gasteiger partial charge in [-0.25, -0.2) is 4.39 Å². The molecule has 2 amide bonds. The molecule has 2 aliphatic rings. The first kappa shape index (κ1) is 19.3. The maximum Gasteiger partial charge on any atom is 0.255 e. The summed E-state index contributed by atoms with van der Waals surface area (Å²) in [4.78, 5) is 25.8. The highest BCUT2D eigenvalue weighted by Crippen LogP contribution is 2.43. The molecule has 0 saturated carbocycles. The number of anilines is 2. The molecule has 0 spiro atoms. The lowest BCUT2D eigenvalue weighted by atomic mass is 10.1. The number of carbonyl (C=O) groups is 2. The number of benzene rings is 2. The predicted octanol–water partition coefficient (Wildman–Crippen LogP) is 5.07. The van der Waals surface area contributed by atoms with E-state index in [4.69, 9.17) is 0 Å². The van der Waals surface area contributed by atoms with E-state index >= 15 is 0 Å². The van der Waals surface area contributed by atoms with E-state index in [0.29, 0.717) is 28.8 Å². The number of carbonyl (C=O) groups excluding carboxylic acids is 2. The van der Waals surface area contributed by atoms with Gasteiger partial charge in [0.25, 0.3) is 5.91 Å². The maximum atomic E-state index is 14.4. The van der Waals surface area contributed by atoms with E-state index < -0.39 is 5.82 Å². The molecule has 2 saturated heterocycles. The Balaban J connectivity index is 1.43. The Labute approximate surface area is 172 Å². The minimum absolute atomic E-state index is 0.0648. The van der Waals surface area contributed by atoms with Crippen LogP contribution in [0.5, 0.6) is 0 Å². The Kier molecular flexibility index (Phi) is 5.92. The zero-order valence-corrected chi connectivity index (χ0v) is 17.0. The molecule has 0 aromatic heterocycles. The largest absolute Gasteiger partial charge is 0.322 e. The zero-order valence-electron chi connectivity index (χ0n) is 15.3. The molecule has 1 N–H and O–H groups in total. The van der Waals surface area contributed by atoms with Gasteiger partial charge >= 0.3 is 0 Å². The fraction of sp³-hybridized carbons (Fsp3) is 0.333. The van der Waals surface area contributed by atoms with Crippen molar-refractivity contribution < 1.29 is 14.0 Å². The minimum Gasteiger partial charge on any atom is -0.322 e. The van der Waals surface area contributed by atoms with Gasteiger partial charge in [-0.2, -0.15) is 0 Å². The number of nitrogens with zero attached hydrogens (tertiary/aromatic N) is 1. The highest BCUT2D eigenvalue weighted by Gasteiger charge is 2.24. The van der Waals surface area contributed by atoms with Crippen LogP contribution in [0.3, 0.4) is 0 Å². The van der Waals surface area contributed by atoms with Crippen LogP contribution in [0.15, 0.2) is 42.5 Å². The fourth-order valence-electron chi connectivity index (χ4n) is 3.38. The summed E-state index contributed by atoms with van der Waals surface area (Å²) in [6.45, 7) is 0.533. The molecule has 4 nitrogen and oxygen atoms in total. The average molecular weight is 417 g/mol. The van der Waals surface area contributed by atoms with Crippen LogP contribution < -0.4 is 10.2 Å². The summed E-state index contributed by atoms with van der Waals surface area (Å²) in [6.07, 6.45) is 2.43. The van der Waals surface area contributed by atoms with Crippen molar-refractivity contribution in [2.75, 3.05) is 28.3 Å². The number of amides is 2. The number of rotatable bonds is 4. The smallest absolute Gasteiger partial charge is 0.255 e. The Morgan fingerprint density at radius 1 is 1.07 bits per heavy atom. The third kappa shape index (κ3) is 4.20. The van der Waals surface area contributed by atoms with Crippen LogP contribution in [0, 0.1) is 5.82 Å². The molecule has 0 radical (unpaired) electrons. The van der Waals surface area contributed by atoms with Crippen LogP contribution in [0.1, 0.15) is 39.8 Å². The van der Waals surface area contributed by atoms with Gasteiger partial charge in [0.15, 0.2) is 0 Å². The van der Waals surface area contributed by atoms with Gasteiger partial charge < -0.3 is 10.2 Å². The van der Waals surface area contributed by atoms with E-state index in [2.05, 4.69) is 5.32 Å². The van der Waals surface area contributed by atoms with E-state index in [-0.39, 0.29) is 17.5 Å². The Morgan fingerprint density at radius 2 is 1.82 bits per heavy atom. The normalized spacial score (nSPS) is 17.8. The fourth-order valence-corrected chi connectivity index (χ4v) is 6.28. The van der Waals surface area contributed by atoms with Crippen molar-refractivity contribution in [1.82, 2.24) is 0 Å². The Bertz CT molecular complexity index is 882. The van der Waals surface area contributed by atoms with Crippen LogP contribution >= 0.6 is 23.5 Å². The predicted molar refractivity (Wildman–Crippen MR) is 115 cm³/mol. The SMILES string of the molecule is O=C(Nc1ccc(N2CCCC2=O)c(F)c1)c1ccc(C2SCCCS2)cc1. The van der Waals surface area contributed by atoms with Gasteiger partial charge in [0.1, 0.15) is 5.82 Å². The Hall–Kier alpha value is -1.99. The molecule has 2 fully saturated rings. The molecular formula is C21H21FN2O2S2. The second-order valence-corrected chi connectivity index (χ2v) is 9.54. The zero-order chi connectivity index (χ0) is 19.5. The van der Waals surface area contributed by atoms with Gasteiger partial charge in [-0.3, -0.25) is 9.59 Å². The summed E-state index contributed by atoms with van der Waals surface area (Å²) in [7, 11) is 0. The highest BCUT2D eigenvalue weighted by atomic mass is 32.2. The molecule has 4 rings (SSSR count). The van der Waals surface area contributed by atoms with Crippen molar-refractivity contribution in [3.8, 4) is 0 Å². The molecular weight excluding hydrogens is 395 g/mol. The molecule has 2 aromatic carbocycles. The summed E-state index contributed by atoms with van der Waals surface area (Å²) in [6, 6.07) is 12.1. The number of halogens is 1. The van der Waals surface area contributed by atoms with Crippen molar-refractivity contribution in [2.45, 2.75) is 23.8 Å². The van der Waals surface area contributed by atoms with E-state index in [1.165, 1.54) is 34.5 Å². The molecule has 7 heteroatoms. The van der Waals surface area contributed by atoms with Crippen LogP contribution in [-0.2, 0) is 4.79 Å². The molecule has 0 bridgehead atoms.